The zero-order chi connectivity index (χ0) is 17.1. The number of carbonyl (C=O) groups excluding carboxylic acids is 1. The number of furan rings is 1. The highest BCUT2D eigenvalue weighted by Crippen LogP contribution is 2.29. The molecule has 0 spiro atoms. The van der Waals surface area contributed by atoms with Crippen LogP contribution in [0.15, 0.2) is 28.7 Å². The second-order valence-electron chi connectivity index (χ2n) is 6.31. The number of para-hydroxylation sites is 1. The number of carboxylic acids is 1. The van der Waals surface area contributed by atoms with E-state index in [2.05, 4.69) is 10.2 Å². The van der Waals surface area contributed by atoms with Gasteiger partial charge in [-0.1, -0.05) is 18.2 Å². The fraction of sp³-hybridized carbons (Fsp3) is 0.444. The van der Waals surface area contributed by atoms with Crippen LogP contribution in [0.3, 0.4) is 0 Å². The monoisotopic (exact) mass is 330 g/mol. The predicted molar refractivity (Wildman–Crippen MR) is 89.9 cm³/mol. The molecule has 1 aromatic heterocycles. The Morgan fingerprint density at radius 2 is 2.00 bits per heavy atom. The van der Waals surface area contributed by atoms with Crippen LogP contribution in [-0.4, -0.2) is 42.0 Å². The minimum Gasteiger partial charge on any atom is -0.475 e. The normalized spacial score (nSPS) is 16.4. The van der Waals surface area contributed by atoms with Crippen molar-refractivity contribution < 1.29 is 19.1 Å². The van der Waals surface area contributed by atoms with Crippen molar-refractivity contribution in [1.29, 1.82) is 0 Å². The standard InChI is InChI=1S/C18H22N2O4/c1-19-16(21)10-12-6-8-20(9-7-12)11-14-13-4-2-3-5-15(13)24-17(14)18(22)23/h2-5,12H,6-11H2,1H3,(H,19,21)(H,22,23). The maximum atomic E-state index is 11.5. The number of likely N-dealkylation sites (tertiary alicyclic amines) is 1. The molecule has 1 fully saturated rings. The Hall–Kier alpha value is -2.34. The first-order chi connectivity index (χ1) is 11.6. The number of rotatable bonds is 5. The van der Waals surface area contributed by atoms with Gasteiger partial charge >= 0.3 is 5.97 Å². The second-order valence-corrected chi connectivity index (χ2v) is 6.31. The van der Waals surface area contributed by atoms with Crippen LogP contribution in [0, 0.1) is 5.92 Å². The van der Waals surface area contributed by atoms with E-state index in [4.69, 9.17) is 4.42 Å². The SMILES string of the molecule is CNC(=O)CC1CCN(Cc2c(C(=O)O)oc3ccccc23)CC1. The molecule has 2 aromatic rings. The van der Waals surface area contributed by atoms with Crippen LogP contribution in [0.5, 0.6) is 0 Å². The Balaban J connectivity index is 1.71. The Bertz CT molecular complexity index is 745. The lowest BCUT2D eigenvalue weighted by molar-refractivity contribution is -0.121. The Kier molecular flexibility index (Phi) is 4.85. The second kappa shape index (κ2) is 7.05. The zero-order valence-electron chi connectivity index (χ0n) is 13.7. The van der Waals surface area contributed by atoms with Gasteiger partial charge in [0.1, 0.15) is 5.58 Å². The van der Waals surface area contributed by atoms with Gasteiger partial charge < -0.3 is 14.8 Å². The van der Waals surface area contributed by atoms with E-state index in [9.17, 15) is 14.7 Å². The summed E-state index contributed by atoms with van der Waals surface area (Å²) in [4.78, 5) is 25.2. The third-order valence-electron chi connectivity index (χ3n) is 4.73. The van der Waals surface area contributed by atoms with Crippen LogP contribution in [0.25, 0.3) is 11.0 Å². The van der Waals surface area contributed by atoms with Crippen molar-refractivity contribution in [1.82, 2.24) is 10.2 Å². The lowest BCUT2D eigenvalue weighted by Crippen LogP contribution is -2.35. The lowest BCUT2D eigenvalue weighted by Gasteiger charge is -2.31. The number of fused-ring (bicyclic) bond motifs is 1. The van der Waals surface area contributed by atoms with Crippen LogP contribution in [0.1, 0.15) is 35.4 Å². The molecule has 6 nitrogen and oxygen atoms in total. The highest BCUT2D eigenvalue weighted by Gasteiger charge is 2.25. The molecule has 6 heteroatoms. The van der Waals surface area contributed by atoms with Gasteiger partial charge in [0.2, 0.25) is 11.7 Å². The first-order valence-corrected chi connectivity index (χ1v) is 8.25. The Labute approximate surface area is 140 Å². The Morgan fingerprint density at radius 3 is 2.67 bits per heavy atom. The van der Waals surface area contributed by atoms with E-state index in [0.29, 0.717) is 24.5 Å². The number of carboxylic acid groups (broad SMARTS) is 1. The molecule has 1 aromatic carbocycles. The molecule has 1 aliphatic rings. The maximum absolute atomic E-state index is 11.5. The van der Waals surface area contributed by atoms with Gasteiger partial charge in [-0.3, -0.25) is 9.69 Å². The number of piperidine rings is 1. The van der Waals surface area contributed by atoms with E-state index in [-0.39, 0.29) is 11.7 Å². The average Bonchev–Trinajstić information content (AvgIpc) is 2.95. The molecule has 0 saturated carbocycles. The van der Waals surface area contributed by atoms with E-state index in [1.807, 2.05) is 18.2 Å². The van der Waals surface area contributed by atoms with Crippen molar-refractivity contribution in [3.63, 3.8) is 0 Å². The summed E-state index contributed by atoms with van der Waals surface area (Å²) in [6.45, 7) is 2.28. The molecule has 2 heterocycles. The number of hydrogen-bond donors (Lipinski definition) is 2. The molecule has 1 saturated heterocycles. The van der Waals surface area contributed by atoms with Crippen molar-refractivity contribution in [3.8, 4) is 0 Å². The number of hydrogen-bond acceptors (Lipinski definition) is 4. The molecule has 2 N–H and O–H groups in total. The van der Waals surface area contributed by atoms with Crippen LogP contribution in [-0.2, 0) is 11.3 Å². The smallest absolute Gasteiger partial charge is 0.372 e. The molecule has 0 radical (unpaired) electrons. The molecule has 1 aliphatic heterocycles. The summed E-state index contributed by atoms with van der Waals surface area (Å²) in [5.41, 5.74) is 1.35. The van der Waals surface area contributed by atoms with E-state index >= 15 is 0 Å². The molecule has 0 atom stereocenters. The highest BCUT2D eigenvalue weighted by atomic mass is 16.4. The number of benzene rings is 1. The molecule has 1 amide bonds. The fourth-order valence-corrected chi connectivity index (χ4v) is 3.37. The predicted octanol–water partition coefficient (Wildman–Crippen LogP) is 2.48. The maximum Gasteiger partial charge on any atom is 0.372 e. The molecule has 128 valence electrons. The van der Waals surface area contributed by atoms with Gasteiger partial charge in [-0.05, 0) is 37.9 Å². The largest absolute Gasteiger partial charge is 0.475 e. The van der Waals surface area contributed by atoms with Crippen molar-refractivity contribution in [2.75, 3.05) is 20.1 Å². The van der Waals surface area contributed by atoms with Crippen LogP contribution >= 0.6 is 0 Å². The first-order valence-electron chi connectivity index (χ1n) is 8.25. The number of carbonyl (C=O) groups is 2. The van der Waals surface area contributed by atoms with Gasteiger partial charge in [-0.15, -0.1) is 0 Å². The topological polar surface area (TPSA) is 82.8 Å². The van der Waals surface area contributed by atoms with Crippen molar-refractivity contribution in [3.05, 3.63) is 35.6 Å². The van der Waals surface area contributed by atoms with Gasteiger partial charge in [0.25, 0.3) is 0 Å². The summed E-state index contributed by atoms with van der Waals surface area (Å²) in [7, 11) is 1.66. The van der Waals surface area contributed by atoms with Crippen molar-refractivity contribution >= 4 is 22.8 Å². The summed E-state index contributed by atoms with van der Waals surface area (Å²) < 4.78 is 5.51. The van der Waals surface area contributed by atoms with Gasteiger partial charge in [0, 0.05) is 31.0 Å². The van der Waals surface area contributed by atoms with Crippen LogP contribution in [0.4, 0.5) is 0 Å². The number of nitrogens with zero attached hydrogens (tertiary/aromatic N) is 1. The van der Waals surface area contributed by atoms with Gasteiger partial charge in [-0.25, -0.2) is 4.79 Å². The van der Waals surface area contributed by atoms with Crippen molar-refractivity contribution in [2.45, 2.75) is 25.8 Å². The molecule has 0 bridgehead atoms. The average molecular weight is 330 g/mol. The van der Waals surface area contributed by atoms with E-state index in [1.165, 1.54) is 0 Å². The molecule has 3 rings (SSSR count). The molecular weight excluding hydrogens is 308 g/mol. The number of nitrogens with one attached hydrogen (secondary N) is 1. The Morgan fingerprint density at radius 1 is 1.29 bits per heavy atom. The molecular formula is C18H22N2O4. The summed E-state index contributed by atoms with van der Waals surface area (Å²) in [5, 5.41) is 12.9. The molecule has 0 aliphatic carbocycles. The first kappa shape index (κ1) is 16.5. The third-order valence-corrected chi connectivity index (χ3v) is 4.73. The zero-order valence-corrected chi connectivity index (χ0v) is 13.7. The van der Waals surface area contributed by atoms with Gasteiger partial charge in [0.05, 0.1) is 0 Å². The minimum absolute atomic E-state index is 0.0312. The van der Waals surface area contributed by atoms with Gasteiger partial charge in [-0.2, -0.15) is 0 Å². The third kappa shape index (κ3) is 3.43. The quantitative estimate of drug-likeness (QED) is 0.880. The number of amides is 1. The van der Waals surface area contributed by atoms with E-state index in [0.717, 1.165) is 36.9 Å². The van der Waals surface area contributed by atoms with Crippen LogP contribution in [0.2, 0.25) is 0 Å². The number of aromatic carboxylic acids is 1. The molecule has 24 heavy (non-hydrogen) atoms. The van der Waals surface area contributed by atoms with Gasteiger partial charge in [0.15, 0.2) is 0 Å². The van der Waals surface area contributed by atoms with Crippen molar-refractivity contribution in [2.24, 2.45) is 5.92 Å². The molecule has 0 unspecified atom stereocenters. The summed E-state index contributed by atoms with van der Waals surface area (Å²) in [5.74, 6) is -0.511. The fourth-order valence-electron chi connectivity index (χ4n) is 3.37. The van der Waals surface area contributed by atoms with Crippen LogP contribution < -0.4 is 5.32 Å². The lowest BCUT2D eigenvalue weighted by atomic mass is 9.93. The van der Waals surface area contributed by atoms with E-state index < -0.39 is 5.97 Å². The highest BCUT2D eigenvalue weighted by molar-refractivity contribution is 5.95. The summed E-state index contributed by atoms with van der Waals surface area (Å²) in [6.07, 6.45) is 2.47. The summed E-state index contributed by atoms with van der Waals surface area (Å²) in [6, 6.07) is 7.42. The minimum atomic E-state index is -1.03. The van der Waals surface area contributed by atoms with E-state index in [1.54, 1.807) is 13.1 Å². The summed E-state index contributed by atoms with van der Waals surface area (Å²) >= 11 is 0.